The first kappa shape index (κ1) is 11.3. The molecule has 1 aliphatic carbocycles. The van der Waals surface area contributed by atoms with Crippen molar-refractivity contribution in [3.8, 4) is 5.69 Å². The van der Waals surface area contributed by atoms with E-state index in [0.29, 0.717) is 5.92 Å². The molecule has 3 rings (SSSR count). The summed E-state index contributed by atoms with van der Waals surface area (Å²) in [5, 5.41) is 2.97. The van der Waals surface area contributed by atoms with Crippen molar-refractivity contribution in [1.29, 1.82) is 0 Å². The van der Waals surface area contributed by atoms with Crippen LogP contribution >= 0.6 is 0 Å². The molecule has 1 aliphatic rings. The number of aromatic nitrogens is 2. The van der Waals surface area contributed by atoms with Crippen LogP contribution in [-0.4, -0.2) is 9.78 Å². The van der Waals surface area contributed by atoms with Gasteiger partial charge in [-0.2, -0.15) is 0 Å². The predicted octanol–water partition coefficient (Wildman–Crippen LogP) is 3.13. The lowest BCUT2D eigenvalue weighted by Gasteiger charge is -2.14. The van der Waals surface area contributed by atoms with Gasteiger partial charge in [0.05, 0.1) is 11.4 Å². The van der Waals surface area contributed by atoms with Crippen molar-refractivity contribution < 1.29 is 0 Å². The van der Waals surface area contributed by atoms with Crippen LogP contribution in [0.15, 0.2) is 35.1 Å². The van der Waals surface area contributed by atoms with E-state index in [-0.39, 0.29) is 5.56 Å². The van der Waals surface area contributed by atoms with Crippen molar-refractivity contribution in [2.45, 2.75) is 38.5 Å². The lowest BCUT2D eigenvalue weighted by Crippen LogP contribution is -2.06. The summed E-state index contributed by atoms with van der Waals surface area (Å²) in [4.78, 5) is 11.9. The van der Waals surface area contributed by atoms with Crippen LogP contribution in [0, 0.1) is 6.92 Å². The lowest BCUT2D eigenvalue weighted by molar-refractivity contribution is 0.651. The first-order chi connectivity index (χ1) is 8.77. The normalized spacial score (nSPS) is 16.3. The summed E-state index contributed by atoms with van der Waals surface area (Å²) in [6.07, 6.45) is 4.95. The number of para-hydroxylation sites is 1. The Labute approximate surface area is 106 Å². The zero-order valence-corrected chi connectivity index (χ0v) is 10.6. The highest BCUT2D eigenvalue weighted by Crippen LogP contribution is 2.35. The molecule has 1 aromatic heterocycles. The van der Waals surface area contributed by atoms with Gasteiger partial charge in [-0.25, -0.2) is 0 Å². The molecule has 1 N–H and O–H groups in total. The number of hydrogen-bond acceptors (Lipinski definition) is 1. The molecule has 1 fully saturated rings. The van der Waals surface area contributed by atoms with Gasteiger partial charge in [0, 0.05) is 11.5 Å². The first-order valence-electron chi connectivity index (χ1n) is 6.64. The van der Waals surface area contributed by atoms with Crippen LogP contribution in [-0.2, 0) is 0 Å². The van der Waals surface area contributed by atoms with Crippen LogP contribution in [0.25, 0.3) is 5.69 Å². The summed E-state index contributed by atoms with van der Waals surface area (Å²) in [6.45, 7) is 1.94. The van der Waals surface area contributed by atoms with Crippen LogP contribution < -0.4 is 5.56 Å². The summed E-state index contributed by atoms with van der Waals surface area (Å²) in [6, 6.07) is 10.1. The van der Waals surface area contributed by atoms with Gasteiger partial charge in [-0.1, -0.05) is 31.0 Å². The molecule has 0 radical (unpaired) electrons. The molecule has 1 saturated carbocycles. The molecule has 0 amide bonds. The highest BCUT2D eigenvalue weighted by Gasteiger charge is 2.24. The lowest BCUT2D eigenvalue weighted by atomic mass is 10.0. The van der Waals surface area contributed by atoms with Gasteiger partial charge in [0.15, 0.2) is 0 Å². The molecule has 3 nitrogen and oxygen atoms in total. The van der Waals surface area contributed by atoms with Crippen LogP contribution in [0.4, 0.5) is 0 Å². The number of H-pyrrole nitrogens is 1. The maximum absolute atomic E-state index is 11.9. The summed E-state index contributed by atoms with van der Waals surface area (Å²) in [5.74, 6) is 0.532. The molecule has 94 valence electrons. The highest BCUT2D eigenvalue weighted by molar-refractivity contribution is 5.36. The summed E-state index contributed by atoms with van der Waals surface area (Å²) in [7, 11) is 0. The van der Waals surface area contributed by atoms with E-state index in [1.807, 2.05) is 41.9 Å². The summed E-state index contributed by atoms with van der Waals surface area (Å²) >= 11 is 0. The molecular formula is C15H18N2O. The van der Waals surface area contributed by atoms with Gasteiger partial charge in [0.2, 0.25) is 0 Å². The number of nitrogens with one attached hydrogen (secondary N) is 1. The van der Waals surface area contributed by atoms with Crippen LogP contribution in [0.2, 0.25) is 0 Å². The average molecular weight is 242 g/mol. The predicted molar refractivity (Wildman–Crippen MR) is 72.3 cm³/mol. The molecule has 0 aliphatic heterocycles. The van der Waals surface area contributed by atoms with E-state index in [0.717, 1.165) is 11.3 Å². The van der Waals surface area contributed by atoms with Crippen LogP contribution in [0.3, 0.4) is 0 Å². The monoisotopic (exact) mass is 242 g/mol. The summed E-state index contributed by atoms with van der Waals surface area (Å²) < 4.78 is 1.98. The van der Waals surface area contributed by atoms with E-state index in [4.69, 9.17) is 0 Å². The van der Waals surface area contributed by atoms with E-state index < -0.39 is 0 Å². The maximum Gasteiger partial charge on any atom is 0.267 e. The molecule has 1 aromatic carbocycles. The van der Waals surface area contributed by atoms with Gasteiger partial charge < -0.3 is 0 Å². The van der Waals surface area contributed by atoms with Crippen molar-refractivity contribution in [3.05, 3.63) is 51.9 Å². The molecule has 0 unspecified atom stereocenters. The number of hydrogen-bond donors (Lipinski definition) is 1. The number of benzene rings is 1. The highest BCUT2D eigenvalue weighted by atomic mass is 16.1. The standard InChI is InChI=1S/C15H18N2O/c1-11-14(12-7-5-6-8-12)17(16-15(11)18)13-9-3-2-4-10-13/h2-4,9-10,12H,5-8H2,1H3,(H,16,18). The topological polar surface area (TPSA) is 37.8 Å². The molecule has 3 heteroatoms. The van der Waals surface area contributed by atoms with Crippen molar-refractivity contribution >= 4 is 0 Å². The van der Waals surface area contributed by atoms with E-state index in [1.54, 1.807) is 0 Å². The molecule has 0 atom stereocenters. The second kappa shape index (κ2) is 4.48. The van der Waals surface area contributed by atoms with Gasteiger partial charge in [0.25, 0.3) is 5.56 Å². The number of nitrogens with zero attached hydrogens (tertiary/aromatic N) is 1. The van der Waals surface area contributed by atoms with Gasteiger partial charge in [0.1, 0.15) is 0 Å². The minimum atomic E-state index is 0.0424. The van der Waals surface area contributed by atoms with Gasteiger partial charge in [-0.3, -0.25) is 14.6 Å². The Morgan fingerprint density at radius 2 is 1.83 bits per heavy atom. The quantitative estimate of drug-likeness (QED) is 0.863. The van der Waals surface area contributed by atoms with Crippen LogP contribution in [0.1, 0.15) is 42.9 Å². The van der Waals surface area contributed by atoms with E-state index in [2.05, 4.69) is 5.10 Å². The Morgan fingerprint density at radius 3 is 2.50 bits per heavy atom. The largest absolute Gasteiger partial charge is 0.268 e. The van der Waals surface area contributed by atoms with E-state index in [1.165, 1.54) is 31.4 Å². The zero-order chi connectivity index (χ0) is 12.5. The molecule has 2 aromatic rings. The Balaban J connectivity index is 2.14. The Kier molecular flexibility index (Phi) is 2.82. The fraction of sp³-hybridized carbons (Fsp3) is 0.400. The third-order valence-corrected chi connectivity index (χ3v) is 3.94. The van der Waals surface area contributed by atoms with Crippen molar-refractivity contribution in [3.63, 3.8) is 0 Å². The Hall–Kier alpha value is -1.77. The third-order valence-electron chi connectivity index (χ3n) is 3.94. The third kappa shape index (κ3) is 1.80. The minimum Gasteiger partial charge on any atom is -0.268 e. The smallest absolute Gasteiger partial charge is 0.267 e. The molecule has 1 heterocycles. The first-order valence-corrected chi connectivity index (χ1v) is 6.64. The number of aromatic amines is 1. The Bertz CT molecular complexity index is 589. The Morgan fingerprint density at radius 1 is 1.17 bits per heavy atom. The van der Waals surface area contributed by atoms with Crippen molar-refractivity contribution in [2.24, 2.45) is 0 Å². The fourth-order valence-corrected chi connectivity index (χ4v) is 3.00. The van der Waals surface area contributed by atoms with Gasteiger partial charge in [-0.15, -0.1) is 0 Å². The molecule has 18 heavy (non-hydrogen) atoms. The summed E-state index contributed by atoms with van der Waals surface area (Å²) in [5.41, 5.74) is 3.15. The van der Waals surface area contributed by atoms with Gasteiger partial charge in [-0.05, 0) is 31.9 Å². The maximum atomic E-state index is 11.9. The van der Waals surface area contributed by atoms with Crippen molar-refractivity contribution in [1.82, 2.24) is 9.78 Å². The van der Waals surface area contributed by atoms with E-state index in [9.17, 15) is 4.79 Å². The zero-order valence-electron chi connectivity index (χ0n) is 10.6. The average Bonchev–Trinajstić information content (AvgIpc) is 3.00. The van der Waals surface area contributed by atoms with E-state index >= 15 is 0 Å². The molecule has 0 saturated heterocycles. The second-order valence-corrected chi connectivity index (χ2v) is 5.10. The van der Waals surface area contributed by atoms with Crippen molar-refractivity contribution in [2.75, 3.05) is 0 Å². The fourth-order valence-electron chi connectivity index (χ4n) is 3.00. The number of rotatable bonds is 2. The SMILES string of the molecule is Cc1c(C2CCCC2)n(-c2ccccc2)[nH]c1=O. The molecular weight excluding hydrogens is 224 g/mol. The molecule has 0 bridgehead atoms. The molecule has 0 spiro atoms. The van der Waals surface area contributed by atoms with Gasteiger partial charge >= 0.3 is 0 Å². The second-order valence-electron chi connectivity index (χ2n) is 5.10. The minimum absolute atomic E-state index is 0.0424. The van der Waals surface area contributed by atoms with Crippen LogP contribution in [0.5, 0.6) is 0 Å².